The van der Waals surface area contributed by atoms with Gasteiger partial charge in [-0.2, -0.15) is 0 Å². The zero-order chi connectivity index (χ0) is 13.1. The molecule has 0 atom stereocenters. The third kappa shape index (κ3) is 2.67. The summed E-state index contributed by atoms with van der Waals surface area (Å²) < 4.78 is 40.2. The monoisotopic (exact) mass is 315 g/mol. The summed E-state index contributed by atoms with van der Waals surface area (Å²) in [7, 11) is 0. The largest absolute Gasteiger partial charge is 0.376 e. The number of rotatable bonds is 3. The van der Waals surface area contributed by atoms with Crippen molar-refractivity contribution < 1.29 is 13.2 Å². The Hall–Kier alpha value is -1.49. The topological polar surface area (TPSA) is 12.0 Å². The molecule has 5 heteroatoms. The van der Waals surface area contributed by atoms with Crippen LogP contribution in [0, 0.1) is 17.5 Å². The van der Waals surface area contributed by atoms with Crippen LogP contribution in [0.25, 0.3) is 0 Å². The lowest BCUT2D eigenvalue weighted by atomic mass is 10.2. The SMILES string of the molecule is Fc1cccc(CNc2c(F)cccc2F)c1Br. The Bertz CT molecular complexity index is 552. The van der Waals surface area contributed by atoms with Crippen molar-refractivity contribution in [2.75, 3.05) is 5.32 Å². The van der Waals surface area contributed by atoms with Crippen molar-refractivity contribution in [3.8, 4) is 0 Å². The zero-order valence-electron chi connectivity index (χ0n) is 9.18. The van der Waals surface area contributed by atoms with E-state index >= 15 is 0 Å². The quantitative estimate of drug-likeness (QED) is 0.880. The molecule has 0 heterocycles. The van der Waals surface area contributed by atoms with Gasteiger partial charge < -0.3 is 5.32 Å². The van der Waals surface area contributed by atoms with Gasteiger partial charge in [0.05, 0.1) is 4.47 Å². The van der Waals surface area contributed by atoms with E-state index < -0.39 is 17.5 Å². The van der Waals surface area contributed by atoms with Crippen molar-refractivity contribution in [2.24, 2.45) is 0 Å². The first-order chi connectivity index (χ1) is 8.59. The van der Waals surface area contributed by atoms with Crippen molar-refractivity contribution in [2.45, 2.75) is 6.54 Å². The number of benzene rings is 2. The van der Waals surface area contributed by atoms with E-state index in [9.17, 15) is 13.2 Å². The van der Waals surface area contributed by atoms with Crippen molar-refractivity contribution in [1.82, 2.24) is 0 Å². The number of hydrogen-bond donors (Lipinski definition) is 1. The molecule has 0 aliphatic rings. The average molecular weight is 316 g/mol. The lowest BCUT2D eigenvalue weighted by Gasteiger charge is -2.10. The lowest BCUT2D eigenvalue weighted by Crippen LogP contribution is -2.04. The molecule has 0 saturated heterocycles. The molecule has 18 heavy (non-hydrogen) atoms. The van der Waals surface area contributed by atoms with E-state index in [1.807, 2.05) is 0 Å². The summed E-state index contributed by atoms with van der Waals surface area (Å²) in [5, 5.41) is 2.62. The smallest absolute Gasteiger partial charge is 0.149 e. The summed E-state index contributed by atoms with van der Waals surface area (Å²) in [5.74, 6) is -1.77. The first-order valence-corrected chi connectivity index (χ1v) is 5.99. The second-order valence-electron chi connectivity index (χ2n) is 3.66. The maximum absolute atomic E-state index is 13.3. The molecule has 2 aromatic rings. The molecule has 1 N–H and O–H groups in total. The van der Waals surface area contributed by atoms with E-state index in [1.54, 1.807) is 6.07 Å². The minimum atomic E-state index is -0.678. The number of nitrogens with one attached hydrogen (secondary N) is 1. The van der Waals surface area contributed by atoms with Crippen LogP contribution < -0.4 is 5.32 Å². The molecule has 0 amide bonds. The van der Waals surface area contributed by atoms with Gasteiger partial charge in [0.2, 0.25) is 0 Å². The summed E-state index contributed by atoms with van der Waals surface area (Å²) in [6.07, 6.45) is 0. The first kappa shape index (κ1) is 13.0. The maximum atomic E-state index is 13.3. The minimum absolute atomic E-state index is 0.121. The van der Waals surface area contributed by atoms with Gasteiger partial charge >= 0.3 is 0 Å². The van der Waals surface area contributed by atoms with Gasteiger partial charge in [0, 0.05) is 6.54 Å². The molecule has 2 aromatic carbocycles. The van der Waals surface area contributed by atoms with Gasteiger partial charge in [-0.25, -0.2) is 13.2 Å². The number of anilines is 1. The molecule has 0 aliphatic carbocycles. The number of para-hydroxylation sites is 1. The predicted molar refractivity (Wildman–Crippen MR) is 67.8 cm³/mol. The Morgan fingerprint density at radius 1 is 0.889 bits per heavy atom. The van der Waals surface area contributed by atoms with Crippen LogP contribution in [-0.2, 0) is 6.54 Å². The third-order valence-electron chi connectivity index (χ3n) is 2.45. The summed E-state index contributed by atoms with van der Waals surface area (Å²) >= 11 is 3.09. The van der Waals surface area contributed by atoms with Gasteiger partial charge in [-0.1, -0.05) is 18.2 Å². The number of hydrogen-bond acceptors (Lipinski definition) is 1. The van der Waals surface area contributed by atoms with Crippen LogP contribution in [0.1, 0.15) is 5.56 Å². The van der Waals surface area contributed by atoms with Gasteiger partial charge in [-0.15, -0.1) is 0 Å². The standard InChI is InChI=1S/C13H9BrF3N/c14-12-8(3-1-4-9(12)15)7-18-13-10(16)5-2-6-11(13)17/h1-6,18H,7H2. The average Bonchev–Trinajstić information content (AvgIpc) is 2.33. The minimum Gasteiger partial charge on any atom is -0.376 e. The van der Waals surface area contributed by atoms with Crippen LogP contribution in [-0.4, -0.2) is 0 Å². The molecule has 0 aromatic heterocycles. The molecule has 0 fully saturated rings. The molecule has 0 radical (unpaired) electrons. The van der Waals surface area contributed by atoms with Crippen LogP contribution in [0.3, 0.4) is 0 Å². The molecule has 94 valence electrons. The normalized spacial score (nSPS) is 10.4. The Morgan fingerprint density at radius 3 is 2.11 bits per heavy atom. The predicted octanol–water partition coefficient (Wildman–Crippen LogP) is 4.48. The molecule has 1 nitrogen and oxygen atoms in total. The molecule has 2 rings (SSSR count). The van der Waals surface area contributed by atoms with Gasteiger partial charge in [0.25, 0.3) is 0 Å². The zero-order valence-corrected chi connectivity index (χ0v) is 10.8. The Morgan fingerprint density at radius 2 is 1.44 bits per heavy atom. The molecule has 0 bridgehead atoms. The molecular weight excluding hydrogens is 307 g/mol. The fourth-order valence-corrected chi connectivity index (χ4v) is 1.94. The summed E-state index contributed by atoms with van der Waals surface area (Å²) in [6.45, 7) is 0.121. The van der Waals surface area contributed by atoms with Crippen LogP contribution in [0.5, 0.6) is 0 Å². The highest BCUT2D eigenvalue weighted by atomic mass is 79.9. The van der Waals surface area contributed by atoms with E-state index in [0.717, 1.165) is 12.1 Å². The Labute approximate surface area is 111 Å². The molecule has 0 unspecified atom stereocenters. The van der Waals surface area contributed by atoms with Gasteiger partial charge in [0.15, 0.2) is 0 Å². The first-order valence-electron chi connectivity index (χ1n) is 5.20. The highest BCUT2D eigenvalue weighted by Gasteiger charge is 2.09. The summed E-state index contributed by atoms with van der Waals surface area (Å²) in [4.78, 5) is 0. The highest BCUT2D eigenvalue weighted by Crippen LogP contribution is 2.23. The summed E-state index contributed by atoms with van der Waals surface area (Å²) in [6, 6.07) is 8.11. The van der Waals surface area contributed by atoms with Gasteiger partial charge in [0.1, 0.15) is 23.1 Å². The van der Waals surface area contributed by atoms with Gasteiger partial charge in [-0.05, 0) is 39.7 Å². The molecule has 0 spiro atoms. The van der Waals surface area contributed by atoms with E-state index in [-0.39, 0.29) is 16.7 Å². The van der Waals surface area contributed by atoms with E-state index in [0.29, 0.717) is 5.56 Å². The fourth-order valence-electron chi connectivity index (χ4n) is 1.54. The Kier molecular flexibility index (Phi) is 3.91. The summed E-state index contributed by atoms with van der Waals surface area (Å²) in [5.41, 5.74) is 0.367. The second-order valence-corrected chi connectivity index (χ2v) is 4.46. The van der Waals surface area contributed by atoms with E-state index in [4.69, 9.17) is 0 Å². The molecule has 0 aliphatic heterocycles. The van der Waals surface area contributed by atoms with Crippen LogP contribution in [0.4, 0.5) is 18.9 Å². The van der Waals surface area contributed by atoms with Crippen molar-refractivity contribution in [3.05, 3.63) is 63.9 Å². The van der Waals surface area contributed by atoms with Crippen LogP contribution >= 0.6 is 15.9 Å². The van der Waals surface area contributed by atoms with Crippen LogP contribution in [0.15, 0.2) is 40.9 Å². The van der Waals surface area contributed by atoms with Crippen molar-refractivity contribution in [1.29, 1.82) is 0 Å². The lowest BCUT2D eigenvalue weighted by molar-refractivity contribution is 0.587. The third-order valence-corrected chi connectivity index (χ3v) is 3.34. The second kappa shape index (κ2) is 5.44. The van der Waals surface area contributed by atoms with Crippen molar-refractivity contribution >= 4 is 21.6 Å². The van der Waals surface area contributed by atoms with Gasteiger partial charge in [-0.3, -0.25) is 0 Å². The van der Waals surface area contributed by atoms with Crippen LogP contribution in [0.2, 0.25) is 0 Å². The van der Waals surface area contributed by atoms with Crippen molar-refractivity contribution in [3.63, 3.8) is 0 Å². The molecular formula is C13H9BrF3N. The maximum Gasteiger partial charge on any atom is 0.149 e. The highest BCUT2D eigenvalue weighted by molar-refractivity contribution is 9.10. The van der Waals surface area contributed by atoms with E-state index in [2.05, 4.69) is 21.2 Å². The Balaban J connectivity index is 2.19. The number of halogens is 4. The van der Waals surface area contributed by atoms with E-state index in [1.165, 1.54) is 18.2 Å². The molecule has 0 saturated carbocycles. The fraction of sp³-hybridized carbons (Fsp3) is 0.0769.